The molecule has 30 heavy (non-hydrogen) atoms. The lowest BCUT2D eigenvalue weighted by molar-refractivity contribution is -0.120. The Kier molecular flexibility index (Phi) is 9.86. The van der Waals surface area contributed by atoms with E-state index in [-0.39, 0.29) is 12.5 Å². The Labute approximate surface area is 185 Å². The Hall–Kier alpha value is -2.87. The quantitative estimate of drug-likeness (QED) is 0.380. The molecular formula is C22H26BrN3O4. The third-order valence-corrected chi connectivity index (χ3v) is 4.32. The van der Waals surface area contributed by atoms with E-state index in [1.54, 1.807) is 24.3 Å². The summed E-state index contributed by atoms with van der Waals surface area (Å²) in [6.45, 7) is 5.07. The molecule has 0 aromatic heterocycles. The van der Waals surface area contributed by atoms with Crippen molar-refractivity contribution < 1.29 is 19.1 Å². The second-order valence-corrected chi connectivity index (χ2v) is 7.29. The number of benzene rings is 2. The van der Waals surface area contributed by atoms with Crippen LogP contribution in [0.1, 0.15) is 42.6 Å². The smallest absolute Gasteiger partial charge is 0.259 e. The van der Waals surface area contributed by atoms with Crippen molar-refractivity contribution in [3.05, 3.63) is 58.1 Å². The van der Waals surface area contributed by atoms with Gasteiger partial charge in [0, 0.05) is 15.6 Å². The highest BCUT2D eigenvalue weighted by atomic mass is 79.9. The summed E-state index contributed by atoms with van der Waals surface area (Å²) in [5, 5.41) is 6.51. The first-order valence-corrected chi connectivity index (χ1v) is 10.6. The van der Waals surface area contributed by atoms with Crippen LogP contribution in [0.2, 0.25) is 0 Å². The van der Waals surface area contributed by atoms with Gasteiger partial charge < -0.3 is 14.8 Å². The van der Waals surface area contributed by atoms with Gasteiger partial charge >= 0.3 is 0 Å². The maximum Gasteiger partial charge on any atom is 0.259 e. The Morgan fingerprint density at radius 3 is 2.43 bits per heavy atom. The highest BCUT2D eigenvalue weighted by molar-refractivity contribution is 9.10. The van der Waals surface area contributed by atoms with Crippen LogP contribution in [0, 0.1) is 0 Å². The van der Waals surface area contributed by atoms with E-state index in [1.165, 1.54) is 6.21 Å². The van der Waals surface area contributed by atoms with E-state index in [2.05, 4.69) is 31.8 Å². The summed E-state index contributed by atoms with van der Waals surface area (Å²) >= 11 is 3.41. The second-order valence-electron chi connectivity index (χ2n) is 6.38. The fraction of sp³-hybridized carbons (Fsp3) is 0.318. The SMILES string of the molecule is CCCOc1ccc(C(=O)NCC(=O)N/N=C\c2cc(Br)ccc2OCCC)cc1. The van der Waals surface area contributed by atoms with E-state index in [0.29, 0.717) is 30.3 Å². The van der Waals surface area contributed by atoms with Gasteiger partial charge in [0.1, 0.15) is 11.5 Å². The Balaban J connectivity index is 1.83. The fourth-order valence-electron chi connectivity index (χ4n) is 2.36. The molecule has 0 radical (unpaired) electrons. The fourth-order valence-corrected chi connectivity index (χ4v) is 2.74. The van der Waals surface area contributed by atoms with Crippen molar-refractivity contribution in [1.29, 1.82) is 0 Å². The number of halogens is 1. The maximum atomic E-state index is 12.2. The molecular weight excluding hydrogens is 450 g/mol. The van der Waals surface area contributed by atoms with Crippen LogP contribution in [-0.2, 0) is 4.79 Å². The van der Waals surface area contributed by atoms with E-state index in [1.807, 2.05) is 32.0 Å². The van der Waals surface area contributed by atoms with Gasteiger partial charge in [-0.05, 0) is 55.3 Å². The number of carbonyl (C=O) groups excluding carboxylic acids is 2. The van der Waals surface area contributed by atoms with Crippen LogP contribution in [0.4, 0.5) is 0 Å². The minimum atomic E-state index is -0.437. The number of amides is 2. The highest BCUT2D eigenvalue weighted by Gasteiger charge is 2.08. The summed E-state index contributed by atoms with van der Waals surface area (Å²) in [6.07, 6.45) is 3.30. The number of nitrogens with zero attached hydrogens (tertiary/aromatic N) is 1. The van der Waals surface area contributed by atoms with Crippen molar-refractivity contribution in [3.8, 4) is 11.5 Å². The van der Waals surface area contributed by atoms with E-state index in [4.69, 9.17) is 9.47 Å². The lowest BCUT2D eigenvalue weighted by Crippen LogP contribution is -2.34. The molecule has 0 aliphatic rings. The van der Waals surface area contributed by atoms with Gasteiger partial charge in [0.15, 0.2) is 0 Å². The molecule has 2 aromatic rings. The number of carbonyl (C=O) groups is 2. The molecule has 0 saturated heterocycles. The number of hydrazone groups is 1. The first kappa shape index (κ1) is 23.4. The zero-order valence-corrected chi connectivity index (χ0v) is 18.7. The molecule has 2 N–H and O–H groups in total. The minimum Gasteiger partial charge on any atom is -0.494 e. The monoisotopic (exact) mass is 475 g/mol. The number of nitrogens with one attached hydrogen (secondary N) is 2. The second kappa shape index (κ2) is 12.6. The lowest BCUT2D eigenvalue weighted by atomic mass is 10.2. The van der Waals surface area contributed by atoms with Crippen LogP contribution in [-0.4, -0.2) is 37.8 Å². The minimum absolute atomic E-state index is 0.193. The van der Waals surface area contributed by atoms with Crippen molar-refractivity contribution in [2.75, 3.05) is 19.8 Å². The van der Waals surface area contributed by atoms with Gasteiger partial charge in [0.25, 0.3) is 11.8 Å². The number of rotatable bonds is 11. The molecule has 8 heteroatoms. The summed E-state index contributed by atoms with van der Waals surface area (Å²) in [7, 11) is 0. The highest BCUT2D eigenvalue weighted by Crippen LogP contribution is 2.22. The molecule has 0 spiro atoms. The van der Waals surface area contributed by atoms with Gasteiger partial charge in [0.05, 0.1) is 26.0 Å². The van der Waals surface area contributed by atoms with E-state index >= 15 is 0 Å². The molecule has 0 heterocycles. The average molecular weight is 476 g/mol. The van der Waals surface area contributed by atoms with Crippen LogP contribution in [0.15, 0.2) is 52.0 Å². The van der Waals surface area contributed by atoms with Crippen LogP contribution >= 0.6 is 15.9 Å². The van der Waals surface area contributed by atoms with E-state index < -0.39 is 5.91 Å². The Morgan fingerprint density at radius 2 is 1.73 bits per heavy atom. The van der Waals surface area contributed by atoms with Gasteiger partial charge in [0.2, 0.25) is 0 Å². The average Bonchev–Trinajstić information content (AvgIpc) is 2.76. The number of hydrogen-bond donors (Lipinski definition) is 2. The molecule has 160 valence electrons. The molecule has 0 atom stereocenters. The van der Waals surface area contributed by atoms with Crippen molar-refractivity contribution in [1.82, 2.24) is 10.7 Å². The predicted octanol–water partition coefficient (Wildman–Crippen LogP) is 3.91. The zero-order valence-electron chi connectivity index (χ0n) is 17.1. The molecule has 2 rings (SSSR count). The summed E-state index contributed by atoms with van der Waals surface area (Å²) < 4.78 is 12.0. The van der Waals surface area contributed by atoms with Crippen LogP contribution in [0.25, 0.3) is 0 Å². The number of hydrogen-bond acceptors (Lipinski definition) is 5. The predicted molar refractivity (Wildman–Crippen MR) is 120 cm³/mol. The topological polar surface area (TPSA) is 89.0 Å². The summed E-state index contributed by atoms with van der Waals surface area (Å²) in [5.41, 5.74) is 3.57. The van der Waals surface area contributed by atoms with Gasteiger partial charge in [-0.25, -0.2) is 5.43 Å². The zero-order chi connectivity index (χ0) is 21.8. The molecule has 0 saturated carbocycles. The van der Waals surface area contributed by atoms with Crippen LogP contribution < -0.4 is 20.2 Å². The lowest BCUT2D eigenvalue weighted by Gasteiger charge is -2.08. The van der Waals surface area contributed by atoms with E-state index in [9.17, 15) is 9.59 Å². The molecule has 7 nitrogen and oxygen atoms in total. The first-order valence-electron chi connectivity index (χ1n) is 9.78. The number of ether oxygens (including phenoxy) is 2. The third-order valence-electron chi connectivity index (χ3n) is 3.83. The standard InChI is InChI=1S/C22H26BrN3O4/c1-3-11-29-19-8-5-16(6-9-19)22(28)24-15-21(27)26-25-14-17-13-18(23)7-10-20(17)30-12-4-2/h5-10,13-14H,3-4,11-12,15H2,1-2H3,(H,24,28)(H,26,27)/b25-14-. The largest absolute Gasteiger partial charge is 0.494 e. The summed E-state index contributed by atoms with van der Waals surface area (Å²) in [6, 6.07) is 12.3. The summed E-state index contributed by atoms with van der Waals surface area (Å²) in [5.74, 6) is 0.597. The van der Waals surface area contributed by atoms with Gasteiger partial charge in [-0.3, -0.25) is 9.59 Å². The molecule has 0 aliphatic carbocycles. The Morgan fingerprint density at radius 1 is 1.03 bits per heavy atom. The molecule has 0 unspecified atom stereocenters. The van der Waals surface area contributed by atoms with Crippen molar-refractivity contribution in [3.63, 3.8) is 0 Å². The van der Waals surface area contributed by atoms with Gasteiger partial charge in [-0.15, -0.1) is 0 Å². The molecule has 2 aromatic carbocycles. The Bertz CT molecular complexity index is 869. The summed E-state index contributed by atoms with van der Waals surface area (Å²) in [4.78, 5) is 24.1. The normalized spacial score (nSPS) is 10.6. The third kappa shape index (κ3) is 7.87. The molecule has 2 amide bonds. The van der Waals surface area contributed by atoms with Crippen LogP contribution in [0.3, 0.4) is 0 Å². The first-order chi connectivity index (χ1) is 14.5. The van der Waals surface area contributed by atoms with Crippen molar-refractivity contribution in [2.24, 2.45) is 5.10 Å². The molecule has 0 aliphatic heterocycles. The van der Waals surface area contributed by atoms with Gasteiger partial charge in [-0.2, -0.15) is 5.10 Å². The molecule has 0 bridgehead atoms. The van der Waals surface area contributed by atoms with Crippen molar-refractivity contribution >= 4 is 34.0 Å². The van der Waals surface area contributed by atoms with Gasteiger partial charge in [-0.1, -0.05) is 29.8 Å². The maximum absolute atomic E-state index is 12.2. The van der Waals surface area contributed by atoms with E-state index in [0.717, 1.165) is 22.9 Å². The van der Waals surface area contributed by atoms with Crippen molar-refractivity contribution in [2.45, 2.75) is 26.7 Å². The molecule has 0 fully saturated rings. The van der Waals surface area contributed by atoms with Crippen LogP contribution in [0.5, 0.6) is 11.5 Å².